The zero-order chi connectivity index (χ0) is 16.5. The molecule has 0 atom stereocenters. The van der Waals surface area contributed by atoms with Crippen molar-refractivity contribution >= 4 is 16.8 Å². The van der Waals surface area contributed by atoms with E-state index in [2.05, 4.69) is 9.97 Å². The van der Waals surface area contributed by atoms with Gasteiger partial charge in [0.05, 0.1) is 16.6 Å². The minimum atomic E-state index is -0.0313. The molecule has 0 spiro atoms. The lowest BCUT2D eigenvalue weighted by Gasteiger charge is -2.00. The van der Waals surface area contributed by atoms with Crippen LogP contribution in [0.1, 0.15) is 15.9 Å². The number of hydrogen-bond acceptors (Lipinski definition) is 3. The van der Waals surface area contributed by atoms with E-state index in [1.165, 1.54) is 0 Å². The van der Waals surface area contributed by atoms with Gasteiger partial charge in [-0.25, -0.2) is 4.98 Å². The summed E-state index contributed by atoms with van der Waals surface area (Å²) in [4.78, 5) is 20.2. The van der Waals surface area contributed by atoms with Gasteiger partial charge in [-0.1, -0.05) is 42.5 Å². The molecule has 0 aliphatic carbocycles. The van der Waals surface area contributed by atoms with E-state index in [0.717, 1.165) is 11.0 Å². The Labute approximate surface area is 138 Å². The van der Waals surface area contributed by atoms with Crippen molar-refractivity contribution in [3.8, 4) is 17.1 Å². The van der Waals surface area contributed by atoms with Crippen molar-refractivity contribution in [2.45, 2.75) is 0 Å². The van der Waals surface area contributed by atoms with Crippen LogP contribution in [0.4, 0.5) is 0 Å². The third-order valence-electron chi connectivity index (χ3n) is 3.94. The number of nitrogens with one attached hydrogen (secondary N) is 1. The van der Waals surface area contributed by atoms with Crippen LogP contribution in [-0.4, -0.2) is 20.9 Å². The number of benzene rings is 3. The SMILES string of the molecule is O=C(c1ccccc1)c1ccc2nc(-c3ccccc3O)[nH]c2c1. The number of rotatable bonds is 3. The third-order valence-corrected chi connectivity index (χ3v) is 3.94. The Bertz CT molecular complexity index is 1040. The molecule has 0 aliphatic heterocycles. The topological polar surface area (TPSA) is 66.0 Å². The lowest BCUT2D eigenvalue weighted by Crippen LogP contribution is -2.00. The molecule has 4 heteroatoms. The molecule has 4 rings (SSSR count). The number of fused-ring (bicyclic) bond motifs is 1. The lowest BCUT2D eigenvalue weighted by atomic mass is 10.0. The highest BCUT2D eigenvalue weighted by Gasteiger charge is 2.12. The number of H-pyrrole nitrogens is 1. The minimum Gasteiger partial charge on any atom is -0.507 e. The smallest absolute Gasteiger partial charge is 0.193 e. The highest BCUT2D eigenvalue weighted by Crippen LogP contribution is 2.28. The number of ketones is 1. The Kier molecular flexibility index (Phi) is 3.35. The molecular formula is C20H14N2O2. The van der Waals surface area contributed by atoms with Gasteiger partial charge < -0.3 is 10.1 Å². The molecule has 0 bridgehead atoms. The summed E-state index contributed by atoms with van der Waals surface area (Å²) in [7, 11) is 0. The fourth-order valence-corrected chi connectivity index (χ4v) is 2.71. The largest absolute Gasteiger partial charge is 0.507 e. The van der Waals surface area contributed by atoms with Crippen LogP contribution in [0.3, 0.4) is 0 Å². The molecule has 0 saturated carbocycles. The van der Waals surface area contributed by atoms with E-state index >= 15 is 0 Å². The van der Waals surface area contributed by atoms with E-state index in [-0.39, 0.29) is 11.5 Å². The van der Waals surface area contributed by atoms with Gasteiger partial charge in [0.2, 0.25) is 0 Å². The first kappa shape index (κ1) is 14.2. The average molecular weight is 314 g/mol. The summed E-state index contributed by atoms with van der Waals surface area (Å²) in [6.45, 7) is 0. The van der Waals surface area contributed by atoms with Crippen LogP contribution in [0.25, 0.3) is 22.4 Å². The monoisotopic (exact) mass is 314 g/mol. The molecule has 4 nitrogen and oxygen atoms in total. The number of carbonyl (C=O) groups is 1. The van der Waals surface area contributed by atoms with Crippen LogP contribution in [0.15, 0.2) is 72.8 Å². The summed E-state index contributed by atoms with van der Waals surface area (Å²) >= 11 is 0. The van der Waals surface area contributed by atoms with E-state index in [1.807, 2.05) is 30.3 Å². The molecule has 0 saturated heterocycles. The second-order valence-corrected chi connectivity index (χ2v) is 5.53. The van der Waals surface area contributed by atoms with Crippen LogP contribution in [-0.2, 0) is 0 Å². The number of aromatic nitrogens is 2. The van der Waals surface area contributed by atoms with E-state index < -0.39 is 0 Å². The number of phenolic OH excluding ortho intramolecular Hbond substituents is 1. The molecule has 0 radical (unpaired) electrons. The van der Waals surface area contributed by atoms with Crippen molar-refractivity contribution in [2.75, 3.05) is 0 Å². The van der Waals surface area contributed by atoms with Gasteiger partial charge >= 0.3 is 0 Å². The van der Waals surface area contributed by atoms with Crippen molar-refractivity contribution in [3.63, 3.8) is 0 Å². The Balaban J connectivity index is 1.77. The van der Waals surface area contributed by atoms with Crippen molar-refractivity contribution in [1.29, 1.82) is 0 Å². The fourth-order valence-electron chi connectivity index (χ4n) is 2.71. The number of phenols is 1. The molecule has 1 heterocycles. The number of aromatic hydroxyl groups is 1. The molecule has 24 heavy (non-hydrogen) atoms. The Morgan fingerprint density at radius 1 is 0.875 bits per heavy atom. The number of aromatic amines is 1. The predicted molar refractivity (Wildman–Crippen MR) is 93.1 cm³/mol. The van der Waals surface area contributed by atoms with Gasteiger partial charge in [0.25, 0.3) is 0 Å². The van der Waals surface area contributed by atoms with Gasteiger partial charge in [0.1, 0.15) is 11.6 Å². The van der Waals surface area contributed by atoms with Crippen LogP contribution in [0.5, 0.6) is 5.75 Å². The van der Waals surface area contributed by atoms with Crippen LogP contribution < -0.4 is 0 Å². The average Bonchev–Trinajstić information content (AvgIpc) is 3.05. The number of imidazole rings is 1. The van der Waals surface area contributed by atoms with Crippen LogP contribution in [0.2, 0.25) is 0 Å². The van der Waals surface area contributed by atoms with Gasteiger partial charge in [0, 0.05) is 11.1 Å². The Morgan fingerprint density at radius 3 is 2.42 bits per heavy atom. The van der Waals surface area contributed by atoms with E-state index in [0.29, 0.717) is 22.5 Å². The zero-order valence-corrected chi connectivity index (χ0v) is 12.7. The maximum Gasteiger partial charge on any atom is 0.193 e. The number of para-hydroxylation sites is 1. The van der Waals surface area contributed by atoms with Gasteiger partial charge in [0.15, 0.2) is 5.78 Å². The molecule has 0 aliphatic rings. The highest BCUT2D eigenvalue weighted by molar-refractivity contribution is 6.10. The Hall–Kier alpha value is -3.40. The normalized spacial score (nSPS) is 10.8. The predicted octanol–water partition coefficient (Wildman–Crippen LogP) is 4.17. The van der Waals surface area contributed by atoms with Gasteiger partial charge in [-0.2, -0.15) is 0 Å². The minimum absolute atomic E-state index is 0.0313. The molecular weight excluding hydrogens is 300 g/mol. The van der Waals surface area contributed by atoms with E-state index in [1.54, 1.807) is 42.5 Å². The first-order valence-corrected chi connectivity index (χ1v) is 7.60. The molecule has 4 aromatic rings. The van der Waals surface area contributed by atoms with Crippen LogP contribution in [0, 0.1) is 0 Å². The van der Waals surface area contributed by atoms with Crippen molar-refractivity contribution in [1.82, 2.24) is 9.97 Å². The number of hydrogen-bond donors (Lipinski definition) is 2. The summed E-state index contributed by atoms with van der Waals surface area (Å²) in [6.07, 6.45) is 0. The van der Waals surface area contributed by atoms with E-state index in [4.69, 9.17) is 0 Å². The Morgan fingerprint density at radius 2 is 1.62 bits per heavy atom. The van der Waals surface area contributed by atoms with Crippen molar-refractivity contribution < 1.29 is 9.90 Å². The van der Waals surface area contributed by atoms with Gasteiger partial charge in [-0.15, -0.1) is 0 Å². The molecule has 0 fully saturated rings. The molecule has 0 amide bonds. The highest BCUT2D eigenvalue weighted by atomic mass is 16.3. The van der Waals surface area contributed by atoms with Gasteiger partial charge in [-0.3, -0.25) is 4.79 Å². The molecule has 116 valence electrons. The number of carbonyl (C=O) groups excluding carboxylic acids is 1. The van der Waals surface area contributed by atoms with Gasteiger partial charge in [-0.05, 0) is 30.3 Å². The third kappa shape index (κ3) is 2.44. The summed E-state index contributed by atoms with van der Waals surface area (Å²) in [5.41, 5.74) is 3.39. The van der Waals surface area contributed by atoms with Crippen LogP contribution >= 0.6 is 0 Å². The summed E-state index contributed by atoms with van der Waals surface area (Å²) in [5.74, 6) is 0.709. The fraction of sp³-hybridized carbons (Fsp3) is 0. The molecule has 2 N–H and O–H groups in total. The van der Waals surface area contributed by atoms with E-state index in [9.17, 15) is 9.90 Å². The molecule has 0 unspecified atom stereocenters. The first-order chi connectivity index (χ1) is 11.7. The van der Waals surface area contributed by atoms with Crippen molar-refractivity contribution in [2.24, 2.45) is 0 Å². The summed E-state index contributed by atoms with van der Waals surface area (Å²) in [5, 5.41) is 9.97. The maximum absolute atomic E-state index is 12.5. The number of nitrogens with zero attached hydrogens (tertiary/aromatic N) is 1. The van der Waals surface area contributed by atoms with Crippen molar-refractivity contribution in [3.05, 3.63) is 83.9 Å². The maximum atomic E-state index is 12.5. The standard InChI is InChI=1S/C20H14N2O2/c23-18-9-5-4-8-15(18)20-21-16-11-10-14(12-17(16)22-20)19(24)13-6-2-1-3-7-13/h1-12,23H,(H,21,22). The molecule has 3 aromatic carbocycles. The lowest BCUT2D eigenvalue weighted by molar-refractivity contribution is 0.103. The quantitative estimate of drug-likeness (QED) is 0.558. The zero-order valence-electron chi connectivity index (χ0n) is 12.7. The molecule has 1 aromatic heterocycles. The second kappa shape index (κ2) is 5.66. The summed E-state index contributed by atoms with van der Waals surface area (Å²) in [6, 6.07) is 21.6. The second-order valence-electron chi connectivity index (χ2n) is 5.53. The first-order valence-electron chi connectivity index (χ1n) is 7.60. The summed E-state index contributed by atoms with van der Waals surface area (Å²) < 4.78 is 0.